The third kappa shape index (κ3) is 7.00. The molecule has 8 heteroatoms. The predicted octanol–water partition coefficient (Wildman–Crippen LogP) is 5.38. The zero-order chi connectivity index (χ0) is 28.7. The van der Waals surface area contributed by atoms with Crippen molar-refractivity contribution >= 4 is 11.4 Å². The molecule has 3 aliphatic rings. The van der Waals surface area contributed by atoms with Gasteiger partial charge in [0.15, 0.2) is 0 Å². The molecule has 3 aliphatic heterocycles. The second-order valence-corrected chi connectivity index (χ2v) is 11.5. The van der Waals surface area contributed by atoms with Crippen LogP contribution in [0.4, 0.5) is 15.8 Å². The molecule has 3 heterocycles. The largest absolute Gasteiger partial charge is 0.490 e. The Morgan fingerprint density at radius 3 is 2.79 bits per heavy atom. The van der Waals surface area contributed by atoms with Crippen molar-refractivity contribution in [1.82, 2.24) is 5.32 Å². The summed E-state index contributed by atoms with van der Waals surface area (Å²) in [4.78, 5) is 4.58. The van der Waals surface area contributed by atoms with Crippen LogP contribution in [0.25, 0.3) is 0 Å². The van der Waals surface area contributed by atoms with E-state index in [1.165, 1.54) is 11.6 Å². The van der Waals surface area contributed by atoms with E-state index >= 15 is 0 Å². The first-order valence-electron chi connectivity index (χ1n) is 15.3. The summed E-state index contributed by atoms with van der Waals surface area (Å²) in [7, 11) is 1.75. The first kappa shape index (κ1) is 28.8. The lowest BCUT2D eigenvalue weighted by Gasteiger charge is -2.33. The molecule has 0 bridgehead atoms. The Labute approximate surface area is 248 Å². The SMILES string of the molecule is COCCCN1CCOc2ccc(CO[C@H]3CNCC[C@@H]3c3ccc(O[C@H]4CCN(c5cccc(F)c5)C4)cc3)cc21. The molecule has 0 spiro atoms. The Morgan fingerprint density at radius 1 is 1.02 bits per heavy atom. The maximum atomic E-state index is 13.7. The highest BCUT2D eigenvalue weighted by Gasteiger charge is 2.28. The van der Waals surface area contributed by atoms with Gasteiger partial charge in [0.05, 0.1) is 31.5 Å². The predicted molar refractivity (Wildman–Crippen MR) is 164 cm³/mol. The van der Waals surface area contributed by atoms with Crippen LogP contribution in [0, 0.1) is 5.82 Å². The van der Waals surface area contributed by atoms with Gasteiger partial charge in [-0.05, 0) is 73.0 Å². The number of hydrogen-bond donors (Lipinski definition) is 1. The first-order chi connectivity index (χ1) is 20.7. The number of ether oxygens (including phenoxy) is 4. The molecule has 2 saturated heterocycles. The van der Waals surface area contributed by atoms with E-state index < -0.39 is 0 Å². The highest BCUT2D eigenvalue weighted by Crippen LogP contribution is 2.34. The molecular formula is C34H42FN3O4. The molecule has 0 amide bonds. The molecule has 0 unspecified atom stereocenters. The highest BCUT2D eigenvalue weighted by atomic mass is 19.1. The van der Waals surface area contributed by atoms with Gasteiger partial charge in [-0.2, -0.15) is 0 Å². The lowest BCUT2D eigenvalue weighted by atomic mass is 9.87. The fourth-order valence-electron chi connectivity index (χ4n) is 6.35. The summed E-state index contributed by atoms with van der Waals surface area (Å²) in [5.41, 5.74) is 4.50. The minimum Gasteiger partial charge on any atom is -0.490 e. The second-order valence-electron chi connectivity index (χ2n) is 11.5. The summed E-state index contributed by atoms with van der Waals surface area (Å²) in [5.74, 6) is 1.94. The molecule has 0 saturated carbocycles. The van der Waals surface area contributed by atoms with Gasteiger partial charge in [-0.15, -0.1) is 0 Å². The zero-order valence-corrected chi connectivity index (χ0v) is 24.5. The fourth-order valence-corrected chi connectivity index (χ4v) is 6.35. The Balaban J connectivity index is 1.05. The van der Waals surface area contributed by atoms with Gasteiger partial charge in [-0.1, -0.05) is 24.3 Å². The van der Waals surface area contributed by atoms with Crippen LogP contribution in [0.15, 0.2) is 66.7 Å². The Hall–Kier alpha value is -3.33. The number of nitrogens with one attached hydrogen (secondary N) is 1. The summed E-state index contributed by atoms with van der Waals surface area (Å²) in [6, 6.07) is 21.8. The Bertz CT molecular complexity index is 1310. The van der Waals surface area contributed by atoms with E-state index in [1.54, 1.807) is 19.2 Å². The van der Waals surface area contributed by atoms with Crippen molar-refractivity contribution in [2.45, 2.75) is 44.0 Å². The smallest absolute Gasteiger partial charge is 0.142 e. The van der Waals surface area contributed by atoms with Crippen LogP contribution < -0.4 is 24.6 Å². The van der Waals surface area contributed by atoms with E-state index in [0.29, 0.717) is 19.1 Å². The van der Waals surface area contributed by atoms with Crippen LogP contribution in [0.3, 0.4) is 0 Å². The maximum Gasteiger partial charge on any atom is 0.142 e. The van der Waals surface area contributed by atoms with Crippen LogP contribution in [0.2, 0.25) is 0 Å². The molecule has 0 radical (unpaired) electrons. The molecule has 3 atom stereocenters. The topological polar surface area (TPSA) is 55.4 Å². The molecular weight excluding hydrogens is 533 g/mol. The highest BCUT2D eigenvalue weighted by molar-refractivity contribution is 5.61. The van der Waals surface area contributed by atoms with Gasteiger partial charge in [0.25, 0.3) is 0 Å². The maximum absolute atomic E-state index is 13.7. The zero-order valence-electron chi connectivity index (χ0n) is 24.5. The Kier molecular flexibility index (Phi) is 9.43. The summed E-state index contributed by atoms with van der Waals surface area (Å²) >= 11 is 0. The number of methoxy groups -OCH3 is 1. The lowest BCUT2D eigenvalue weighted by molar-refractivity contribution is 0.0106. The molecule has 2 fully saturated rings. The summed E-state index contributed by atoms with van der Waals surface area (Å²) < 4.78 is 37.7. The van der Waals surface area contributed by atoms with Crippen LogP contribution >= 0.6 is 0 Å². The van der Waals surface area contributed by atoms with E-state index in [1.807, 2.05) is 6.07 Å². The van der Waals surface area contributed by atoms with Gasteiger partial charge in [0.1, 0.15) is 30.0 Å². The van der Waals surface area contributed by atoms with Crippen molar-refractivity contribution in [2.24, 2.45) is 0 Å². The number of anilines is 2. The molecule has 6 rings (SSSR count). The number of halogens is 1. The van der Waals surface area contributed by atoms with Gasteiger partial charge >= 0.3 is 0 Å². The van der Waals surface area contributed by atoms with Crippen molar-refractivity contribution < 1.29 is 23.3 Å². The van der Waals surface area contributed by atoms with Crippen LogP contribution in [0.1, 0.15) is 36.3 Å². The van der Waals surface area contributed by atoms with E-state index in [2.05, 4.69) is 57.6 Å². The van der Waals surface area contributed by atoms with Crippen LogP contribution in [-0.4, -0.2) is 71.8 Å². The van der Waals surface area contributed by atoms with Gasteiger partial charge < -0.3 is 34.1 Å². The number of piperidine rings is 1. The fraction of sp³-hybridized carbons (Fsp3) is 0.471. The summed E-state index contributed by atoms with van der Waals surface area (Å²) in [6.45, 7) is 7.31. The Morgan fingerprint density at radius 2 is 1.93 bits per heavy atom. The third-order valence-corrected chi connectivity index (χ3v) is 8.58. The average molecular weight is 576 g/mol. The summed E-state index contributed by atoms with van der Waals surface area (Å²) in [5, 5.41) is 3.52. The number of fused-ring (bicyclic) bond motifs is 1. The first-order valence-corrected chi connectivity index (χ1v) is 15.3. The van der Waals surface area contributed by atoms with Gasteiger partial charge in [-0.25, -0.2) is 4.39 Å². The number of rotatable bonds is 11. The minimum absolute atomic E-state index is 0.0882. The van der Waals surface area contributed by atoms with Crippen LogP contribution in [-0.2, 0) is 16.1 Å². The van der Waals surface area contributed by atoms with E-state index in [4.69, 9.17) is 18.9 Å². The summed E-state index contributed by atoms with van der Waals surface area (Å²) in [6.07, 6.45) is 3.12. The molecule has 3 aromatic rings. The van der Waals surface area contributed by atoms with E-state index in [-0.39, 0.29) is 18.0 Å². The number of hydrogen-bond acceptors (Lipinski definition) is 7. The van der Waals surface area contributed by atoms with Crippen molar-refractivity contribution in [2.75, 3.05) is 69.4 Å². The van der Waals surface area contributed by atoms with Crippen molar-refractivity contribution in [3.05, 3.63) is 83.7 Å². The van der Waals surface area contributed by atoms with Gasteiger partial charge in [0, 0.05) is 51.4 Å². The number of benzene rings is 3. The monoisotopic (exact) mass is 575 g/mol. The molecule has 0 aromatic heterocycles. The van der Waals surface area contributed by atoms with Gasteiger partial charge in [-0.3, -0.25) is 0 Å². The molecule has 3 aromatic carbocycles. The molecule has 0 aliphatic carbocycles. The van der Waals surface area contributed by atoms with Crippen LogP contribution in [0.5, 0.6) is 11.5 Å². The quantitative estimate of drug-likeness (QED) is 0.308. The number of nitrogens with zero attached hydrogens (tertiary/aromatic N) is 2. The standard InChI is InChI=1S/C34H42FN3O4/c1-39-18-3-15-37-17-19-40-33-11-6-25(20-32(33)37)24-41-34-22-36-14-12-31(34)26-7-9-29(10-8-26)42-30-13-16-38(23-30)28-5-2-4-27(35)21-28/h2,4-11,20-21,30-31,34,36H,3,12-19,22-24H2,1H3/t30-,31+,34-/m0/s1. The van der Waals surface area contributed by atoms with Crippen molar-refractivity contribution in [3.8, 4) is 11.5 Å². The minimum atomic E-state index is -0.203. The average Bonchev–Trinajstić information content (AvgIpc) is 3.49. The van der Waals surface area contributed by atoms with Gasteiger partial charge in [0.2, 0.25) is 0 Å². The van der Waals surface area contributed by atoms with Crippen molar-refractivity contribution in [1.29, 1.82) is 0 Å². The van der Waals surface area contributed by atoms with E-state index in [0.717, 1.165) is 93.6 Å². The lowest BCUT2D eigenvalue weighted by Crippen LogP contribution is -2.41. The third-order valence-electron chi connectivity index (χ3n) is 8.58. The molecule has 7 nitrogen and oxygen atoms in total. The van der Waals surface area contributed by atoms with E-state index in [9.17, 15) is 4.39 Å². The normalized spacial score (nSPS) is 22.1. The van der Waals surface area contributed by atoms with Crippen molar-refractivity contribution in [3.63, 3.8) is 0 Å². The molecule has 224 valence electrons. The molecule has 42 heavy (non-hydrogen) atoms. The molecule has 1 N–H and O–H groups in total. The second kappa shape index (κ2) is 13.8.